The van der Waals surface area contributed by atoms with E-state index >= 15 is 0 Å². The molecule has 0 spiro atoms. The number of esters is 1. The van der Waals surface area contributed by atoms with Gasteiger partial charge in [0.1, 0.15) is 11.5 Å². The SMILES string of the molecule is CC=CC=CC(C)C1(C(COS(=O)(=O)c2c(C(C)C)cc(C(C)C)cc2C(C)C)OC(C)=O)OCCO1. The quantitative estimate of drug-likeness (QED) is 0.178. The lowest BCUT2D eigenvalue weighted by molar-refractivity contribution is -0.252. The van der Waals surface area contributed by atoms with E-state index in [1.54, 1.807) is 0 Å². The maximum Gasteiger partial charge on any atom is 0.303 e. The average Bonchev–Trinajstić information content (AvgIpc) is 3.31. The monoisotopic (exact) mass is 536 g/mol. The number of allylic oxidation sites excluding steroid dienone is 3. The van der Waals surface area contributed by atoms with Crippen LogP contribution in [0.2, 0.25) is 0 Å². The second kappa shape index (κ2) is 13.2. The number of hydrogen-bond donors (Lipinski definition) is 0. The molecule has 0 amide bonds. The molecule has 37 heavy (non-hydrogen) atoms. The van der Waals surface area contributed by atoms with Crippen molar-refractivity contribution in [1.82, 2.24) is 0 Å². The minimum Gasteiger partial charge on any atom is -0.454 e. The summed E-state index contributed by atoms with van der Waals surface area (Å²) in [4.78, 5) is 12.2. The van der Waals surface area contributed by atoms with Crippen molar-refractivity contribution < 1.29 is 31.6 Å². The molecule has 0 radical (unpaired) electrons. The Hall–Kier alpha value is -2.00. The summed E-state index contributed by atoms with van der Waals surface area (Å²) in [7, 11) is -4.22. The van der Waals surface area contributed by atoms with Crippen molar-refractivity contribution >= 4 is 16.1 Å². The molecule has 0 aromatic heterocycles. The van der Waals surface area contributed by atoms with Gasteiger partial charge >= 0.3 is 5.97 Å². The van der Waals surface area contributed by atoms with E-state index in [4.69, 9.17) is 18.4 Å². The normalized spacial score (nSPS) is 17.9. The van der Waals surface area contributed by atoms with Crippen LogP contribution in [-0.4, -0.2) is 46.1 Å². The lowest BCUT2D eigenvalue weighted by Gasteiger charge is -2.37. The van der Waals surface area contributed by atoms with Gasteiger partial charge < -0.3 is 14.2 Å². The van der Waals surface area contributed by atoms with Crippen LogP contribution in [0.5, 0.6) is 0 Å². The highest BCUT2D eigenvalue weighted by Gasteiger charge is 2.51. The standard InChI is InChI=1S/C29H44O7S/c1-10-11-12-13-22(8)29(33-14-15-34-29)27(36-23(9)30)18-35-37(31,32)28-25(20(4)5)16-24(19(2)3)17-26(28)21(6)7/h10-13,16-17,19-22,27H,14-15,18H2,1-9H3. The van der Waals surface area contributed by atoms with Gasteiger partial charge in [-0.15, -0.1) is 0 Å². The van der Waals surface area contributed by atoms with Crippen molar-refractivity contribution in [2.75, 3.05) is 19.8 Å². The summed E-state index contributed by atoms with van der Waals surface area (Å²) in [5, 5.41) is 0. The smallest absolute Gasteiger partial charge is 0.303 e. The fourth-order valence-electron chi connectivity index (χ4n) is 4.48. The molecule has 0 saturated carbocycles. The van der Waals surface area contributed by atoms with Crippen molar-refractivity contribution in [2.24, 2.45) is 5.92 Å². The number of hydrogen-bond acceptors (Lipinski definition) is 7. The first kappa shape index (κ1) is 31.2. The molecule has 2 atom stereocenters. The van der Waals surface area contributed by atoms with Crippen LogP contribution < -0.4 is 0 Å². The number of ether oxygens (including phenoxy) is 3. The third-order valence-corrected chi connectivity index (χ3v) is 7.96. The Kier molecular flexibility index (Phi) is 11.1. The number of benzene rings is 1. The van der Waals surface area contributed by atoms with Gasteiger partial charge in [0.2, 0.25) is 5.79 Å². The third-order valence-electron chi connectivity index (χ3n) is 6.54. The number of carbonyl (C=O) groups excluding carboxylic acids is 1. The summed E-state index contributed by atoms with van der Waals surface area (Å²) in [6.45, 7) is 17.2. The second-order valence-corrected chi connectivity index (χ2v) is 12.0. The molecule has 0 N–H and O–H groups in total. The molecule has 1 saturated heterocycles. The van der Waals surface area contributed by atoms with Gasteiger partial charge in [0.25, 0.3) is 10.1 Å². The predicted molar refractivity (Wildman–Crippen MR) is 145 cm³/mol. The Bertz CT molecular complexity index is 1050. The minimum absolute atomic E-state index is 0.0431. The first-order valence-electron chi connectivity index (χ1n) is 13.1. The fourth-order valence-corrected chi connectivity index (χ4v) is 6.07. The molecule has 2 unspecified atom stereocenters. The lowest BCUT2D eigenvalue weighted by Crippen LogP contribution is -2.52. The van der Waals surface area contributed by atoms with Gasteiger partial charge in [0, 0.05) is 12.8 Å². The summed E-state index contributed by atoms with van der Waals surface area (Å²) in [5.74, 6) is -2.15. The van der Waals surface area contributed by atoms with Gasteiger partial charge in [-0.1, -0.05) is 84.9 Å². The van der Waals surface area contributed by atoms with Crippen LogP contribution in [0.1, 0.15) is 96.8 Å². The summed E-state index contributed by atoms with van der Waals surface area (Å²) >= 11 is 0. The van der Waals surface area contributed by atoms with Crippen molar-refractivity contribution in [3.8, 4) is 0 Å². The van der Waals surface area contributed by atoms with E-state index in [1.165, 1.54) is 6.92 Å². The van der Waals surface area contributed by atoms with Crippen LogP contribution in [0.15, 0.2) is 41.3 Å². The van der Waals surface area contributed by atoms with Crippen LogP contribution in [0.25, 0.3) is 0 Å². The second-order valence-electron chi connectivity index (χ2n) is 10.4. The van der Waals surface area contributed by atoms with Crippen LogP contribution in [0.4, 0.5) is 0 Å². The highest BCUT2D eigenvalue weighted by Crippen LogP contribution is 2.38. The van der Waals surface area contributed by atoms with E-state index in [0.717, 1.165) is 5.56 Å². The minimum atomic E-state index is -4.22. The molecule has 1 aliphatic heterocycles. The van der Waals surface area contributed by atoms with E-state index in [2.05, 4.69) is 13.8 Å². The molecular weight excluding hydrogens is 492 g/mol. The van der Waals surface area contributed by atoms with Gasteiger partial charge in [-0.2, -0.15) is 8.42 Å². The first-order valence-corrected chi connectivity index (χ1v) is 14.5. The van der Waals surface area contributed by atoms with E-state index < -0.39 is 34.6 Å². The van der Waals surface area contributed by atoms with E-state index in [9.17, 15) is 13.2 Å². The molecule has 1 fully saturated rings. The summed E-state index contributed by atoms with van der Waals surface area (Å²) in [5.41, 5.74) is 2.51. The Morgan fingerprint density at radius 2 is 1.51 bits per heavy atom. The van der Waals surface area contributed by atoms with Crippen molar-refractivity contribution in [1.29, 1.82) is 0 Å². The predicted octanol–water partition coefficient (Wildman–Crippen LogP) is 6.21. The summed E-state index contributed by atoms with van der Waals surface area (Å²) in [6, 6.07) is 3.92. The van der Waals surface area contributed by atoms with Crippen LogP contribution in [0.3, 0.4) is 0 Å². The molecular formula is C29H44O7S. The number of carbonyl (C=O) groups is 1. The molecule has 8 heteroatoms. The first-order chi connectivity index (χ1) is 17.3. The van der Waals surface area contributed by atoms with Crippen molar-refractivity contribution in [3.05, 3.63) is 53.1 Å². The van der Waals surface area contributed by atoms with E-state index in [0.29, 0.717) is 11.1 Å². The van der Waals surface area contributed by atoms with E-state index in [-0.39, 0.29) is 41.8 Å². The zero-order chi connectivity index (χ0) is 28.0. The maximum absolute atomic E-state index is 13.8. The zero-order valence-corrected chi connectivity index (χ0v) is 24.6. The Balaban J connectivity index is 2.53. The van der Waals surface area contributed by atoms with Crippen LogP contribution in [0, 0.1) is 5.92 Å². The molecule has 7 nitrogen and oxygen atoms in total. The zero-order valence-electron chi connectivity index (χ0n) is 23.7. The molecule has 1 heterocycles. The molecule has 0 aliphatic carbocycles. The number of rotatable bonds is 12. The van der Waals surface area contributed by atoms with Gasteiger partial charge in [-0.3, -0.25) is 8.98 Å². The summed E-state index contributed by atoms with van der Waals surface area (Å²) in [6.07, 6.45) is 6.36. The van der Waals surface area contributed by atoms with Crippen molar-refractivity contribution in [3.63, 3.8) is 0 Å². The van der Waals surface area contributed by atoms with Crippen molar-refractivity contribution in [2.45, 2.75) is 96.9 Å². The average molecular weight is 537 g/mol. The van der Waals surface area contributed by atoms with Gasteiger partial charge in [0.15, 0.2) is 6.10 Å². The molecule has 1 aliphatic rings. The Morgan fingerprint density at radius 3 is 1.95 bits per heavy atom. The topological polar surface area (TPSA) is 88.1 Å². The highest BCUT2D eigenvalue weighted by atomic mass is 32.2. The van der Waals surface area contributed by atoms with Gasteiger partial charge in [0.05, 0.1) is 13.2 Å². The van der Waals surface area contributed by atoms with Gasteiger partial charge in [-0.05, 0) is 41.4 Å². The maximum atomic E-state index is 13.8. The molecule has 1 aromatic rings. The molecule has 1 aromatic carbocycles. The largest absolute Gasteiger partial charge is 0.454 e. The molecule has 208 valence electrons. The lowest BCUT2D eigenvalue weighted by atomic mass is 9.89. The third kappa shape index (κ3) is 7.53. The Labute approximate surface area is 223 Å². The molecule has 2 rings (SSSR count). The van der Waals surface area contributed by atoms with Crippen LogP contribution in [-0.2, 0) is 33.3 Å². The highest BCUT2D eigenvalue weighted by molar-refractivity contribution is 7.86. The van der Waals surface area contributed by atoms with E-state index in [1.807, 2.05) is 78.0 Å². The van der Waals surface area contributed by atoms with Crippen LogP contribution >= 0.6 is 0 Å². The molecule has 0 bridgehead atoms. The Morgan fingerprint density at radius 1 is 0.973 bits per heavy atom. The fraction of sp³-hybridized carbons (Fsp3) is 0.621. The van der Waals surface area contributed by atoms with Gasteiger partial charge in [-0.25, -0.2) is 0 Å². The summed E-state index contributed by atoms with van der Waals surface area (Å²) < 4.78 is 50.8.